The van der Waals surface area contributed by atoms with Gasteiger partial charge in [-0.05, 0) is 66.4 Å². The third kappa shape index (κ3) is 5.71. The Balaban J connectivity index is 1.59. The highest BCUT2D eigenvalue weighted by Gasteiger charge is 2.34. The standard InChI is InChI=1S/C26H24B2F3NO/c27-23-13-20(14-24(28)15-23)19-10-18(11-22(12-19)26(29,30)31)16-33-17-25(6-8-32-9-7-25)21-4-2-1-3-5-21/h1-5,10-15,32H,6-9,16-17H2. The number of nitrogens with one attached hydrogen (secondary N) is 1. The van der Waals surface area contributed by atoms with Crippen LogP contribution in [0.2, 0.25) is 0 Å². The first-order valence-electron chi connectivity index (χ1n) is 11.0. The lowest BCUT2D eigenvalue weighted by molar-refractivity contribution is -0.137. The molecule has 0 spiro atoms. The Hall–Kier alpha value is -2.50. The van der Waals surface area contributed by atoms with Gasteiger partial charge in [-0.3, -0.25) is 0 Å². The molecule has 0 bridgehead atoms. The molecule has 166 valence electrons. The normalized spacial score (nSPS) is 16.0. The van der Waals surface area contributed by atoms with Crippen molar-refractivity contribution in [3.63, 3.8) is 0 Å². The molecule has 0 aliphatic carbocycles. The molecule has 1 heterocycles. The SMILES string of the molecule is [B]c1cc([B])cc(-c2cc(COCC3(c4ccccc4)CCNCC3)cc(C(F)(F)F)c2)c1. The topological polar surface area (TPSA) is 21.3 Å². The number of ether oxygens (including phenoxy) is 1. The van der Waals surface area contributed by atoms with Gasteiger partial charge in [-0.2, -0.15) is 13.2 Å². The van der Waals surface area contributed by atoms with E-state index in [2.05, 4.69) is 17.4 Å². The van der Waals surface area contributed by atoms with E-state index in [0.717, 1.165) is 38.1 Å². The lowest BCUT2D eigenvalue weighted by atomic mass is 9.74. The number of piperidine rings is 1. The second-order valence-electron chi connectivity index (χ2n) is 8.69. The summed E-state index contributed by atoms with van der Waals surface area (Å²) in [5.74, 6) is 0. The van der Waals surface area contributed by atoms with Gasteiger partial charge >= 0.3 is 6.18 Å². The number of hydrogen-bond acceptors (Lipinski definition) is 2. The van der Waals surface area contributed by atoms with Crippen molar-refractivity contribution >= 4 is 26.6 Å². The van der Waals surface area contributed by atoms with Crippen molar-refractivity contribution in [1.82, 2.24) is 5.32 Å². The summed E-state index contributed by atoms with van der Waals surface area (Å²) < 4.78 is 46.9. The number of benzene rings is 3. The Bertz CT molecular complexity index is 1080. The highest BCUT2D eigenvalue weighted by molar-refractivity contribution is 6.38. The largest absolute Gasteiger partial charge is 0.416 e. The van der Waals surface area contributed by atoms with Gasteiger partial charge in [0.25, 0.3) is 0 Å². The fraction of sp³-hybridized carbons (Fsp3) is 0.308. The van der Waals surface area contributed by atoms with E-state index in [1.54, 1.807) is 24.3 Å². The molecule has 33 heavy (non-hydrogen) atoms. The fourth-order valence-corrected chi connectivity index (χ4v) is 4.53. The van der Waals surface area contributed by atoms with Gasteiger partial charge in [0.1, 0.15) is 15.7 Å². The molecular weight excluding hydrogens is 421 g/mol. The molecule has 0 atom stereocenters. The van der Waals surface area contributed by atoms with Crippen LogP contribution in [0.15, 0.2) is 66.7 Å². The zero-order chi connectivity index (χ0) is 23.5. The number of rotatable bonds is 6. The molecule has 1 aliphatic heterocycles. The van der Waals surface area contributed by atoms with Crippen LogP contribution < -0.4 is 16.2 Å². The van der Waals surface area contributed by atoms with E-state index < -0.39 is 11.7 Å². The van der Waals surface area contributed by atoms with Crippen LogP contribution in [0.5, 0.6) is 0 Å². The molecule has 3 aromatic carbocycles. The minimum absolute atomic E-state index is 0.0801. The summed E-state index contributed by atoms with van der Waals surface area (Å²) in [7, 11) is 11.7. The maximum Gasteiger partial charge on any atom is 0.416 e. The molecule has 2 nitrogen and oxygen atoms in total. The van der Waals surface area contributed by atoms with Crippen molar-refractivity contribution in [1.29, 1.82) is 0 Å². The zero-order valence-electron chi connectivity index (χ0n) is 18.3. The zero-order valence-corrected chi connectivity index (χ0v) is 18.3. The van der Waals surface area contributed by atoms with Crippen molar-refractivity contribution in [2.75, 3.05) is 19.7 Å². The first-order valence-corrected chi connectivity index (χ1v) is 11.0. The third-order valence-corrected chi connectivity index (χ3v) is 6.23. The van der Waals surface area contributed by atoms with Crippen LogP contribution in [-0.4, -0.2) is 35.4 Å². The van der Waals surface area contributed by atoms with Gasteiger partial charge < -0.3 is 10.1 Å². The summed E-state index contributed by atoms with van der Waals surface area (Å²) in [5, 5.41) is 3.38. The van der Waals surface area contributed by atoms with Gasteiger partial charge in [0.05, 0.1) is 18.8 Å². The van der Waals surface area contributed by atoms with Crippen LogP contribution in [-0.2, 0) is 22.9 Å². The Labute approximate surface area is 195 Å². The molecular formula is C26H24B2F3NO. The minimum Gasteiger partial charge on any atom is -0.376 e. The van der Waals surface area contributed by atoms with E-state index >= 15 is 0 Å². The second-order valence-corrected chi connectivity index (χ2v) is 8.69. The van der Waals surface area contributed by atoms with Crippen molar-refractivity contribution in [2.45, 2.75) is 31.0 Å². The molecule has 0 amide bonds. The smallest absolute Gasteiger partial charge is 0.376 e. The summed E-state index contributed by atoms with van der Waals surface area (Å²) in [5.41, 5.74) is 2.52. The van der Waals surface area contributed by atoms with Gasteiger partial charge in [0.15, 0.2) is 0 Å². The van der Waals surface area contributed by atoms with E-state index in [0.29, 0.717) is 34.2 Å². The summed E-state index contributed by atoms with van der Waals surface area (Å²) in [4.78, 5) is 0. The summed E-state index contributed by atoms with van der Waals surface area (Å²) in [6.07, 6.45) is -2.65. The highest BCUT2D eigenvalue weighted by atomic mass is 19.4. The van der Waals surface area contributed by atoms with Crippen LogP contribution in [0, 0.1) is 0 Å². The summed E-state index contributed by atoms with van der Waals surface area (Å²) >= 11 is 0. The molecule has 1 fully saturated rings. The fourth-order valence-electron chi connectivity index (χ4n) is 4.53. The van der Waals surface area contributed by atoms with E-state index in [4.69, 9.17) is 20.4 Å². The summed E-state index contributed by atoms with van der Waals surface area (Å²) in [6, 6.07) is 19.0. The van der Waals surface area contributed by atoms with Crippen LogP contribution >= 0.6 is 0 Å². The van der Waals surface area contributed by atoms with Gasteiger partial charge in [0, 0.05) is 5.41 Å². The quantitative estimate of drug-likeness (QED) is 0.584. The Kier molecular flexibility index (Phi) is 7.01. The molecule has 0 saturated carbocycles. The minimum atomic E-state index is -4.48. The second kappa shape index (κ2) is 9.78. The Morgan fingerprint density at radius 1 is 0.848 bits per heavy atom. The van der Waals surface area contributed by atoms with Crippen LogP contribution in [0.3, 0.4) is 0 Å². The predicted molar refractivity (Wildman–Crippen MR) is 128 cm³/mol. The first-order chi connectivity index (χ1) is 15.7. The molecule has 4 rings (SSSR count). The molecule has 0 unspecified atom stereocenters. The van der Waals surface area contributed by atoms with Crippen molar-refractivity contribution < 1.29 is 17.9 Å². The monoisotopic (exact) mass is 445 g/mol. The number of halogens is 3. The highest BCUT2D eigenvalue weighted by Crippen LogP contribution is 2.36. The predicted octanol–water partition coefficient (Wildman–Crippen LogP) is 3.80. The molecule has 1 saturated heterocycles. The van der Waals surface area contributed by atoms with Gasteiger partial charge in [-0.1, -0.05) is 59.5 Å². The third-order valence-electron chi connectivity index (χ3n) is 6.23. The lowest BCUT2D eigenvalue weighted by Crippen LogP contribution is -2.43. The average Bonchev–Trinajstić information content (AvgIpc) is 2.79. The average molecular weight is 445 g/mol. The maximum absolute atomic E-state index is 13.6. The number of hydrogen-bond donors (Lipinski definition) is 1. The van der Waals surface area contributed by atoms with E-state index in [1.807, 2.05) is 18.2 Å². The maximum atomic E-state index is 13.6. The Morgan fingerprint density at radius 3 is 2.12 bits per heavy atom. The molecule has 1 N–H and O–H groups in total. The number of alkyl halides is 3. The van der Waals surface area contributed by atoms with E-state index in [1.165, 1.54) is 5.56 Å². The molecule has 1 aliphatic rings. The molecule has 7 heteroatoms. The first kappa shape index (κ1) is 23.7. The van der Waals surface area contributed by atoms with E-state index in [-0.39, 0.29) is 12.0 Å². The van der Waals surface area contributed by atoms with Crippen LogP contribution in [0.25, 0.3) is 11.1 Å². The van der Waals surface area contributed by atoms with Gasteiger partial charge in [-0.25, -0.2) is 0 Å². The molecule has 4 radical (unpaired) electrons. The van der Waals surface area contributed by atoms with Crippen molar-refractivity contribution in [2.24, 2.45) is 0 Å². The lowest BCUT2D eigenvalue weighted by Gasteiger charge is -2.38. The van der Waals surface area contributed by atoms with Crippen LogP contribution in [0.1, 0.15) is 29.5 Å². The summed E-state index contributed by atoms with van der Waals surface area (Å²) in [6.45, 7) is 2.28. The molecule has 3 aromatic rings. The van der Waals surface area contributed by atoms with Crippen molar-refractivity contribution in [3.05, 3.63) is 83.4 Å². The van der Waals surface area contributed by atoms with E-state index in [9.17, 15) is 13.2 Å². The van der Waals surface area contributed by atoms with Gasteiger partial charge in [0.2, 0.25) is 0 Å². The van der Waals surface area contributed by atoms with Crippen molar-refractivity contribution in [3.8, 4) is 11.1 Å². The van der Waals surface area contributed by atoms with Crippen LogP contribution in [0.4, 0.5) is 13.2 Å². The molecule has 0 aromatic heterocycles. The van der Waals surface area contributed by atoms with Gasteiger partial charge in [-0.15, -0.1) is 0 Å². The Morgan fingerprint density at radius 2 is 1.48 bits per heavy atom.